The number of non-ortho nitro benzene ring substituents is 1. The Morgan fingerprint density at radius 3 is 2.29 bits per heavy atom. The molecule has 8 nitrogen and oxygen atoms in total. The molecule has 0 radical (unpaired) electrons. The van der Waals surface area contributed by atoms with E-state index in [4.69, 9.17) is 0 Å². The standard InChI is InChI=1S/C13H19N3O5/c1-13(8-17,9-18)7-15(2)12(19)14-10-3-5-11(6-4-10)16(20)21/h3-6,17-18H,7-9H2,1-2H3,(H,14,19). The van der Waals surface area contributed by atoms with Crippen molar-refractivity contribution in [1.29, 1.82) is 0 Å². The lowest BCUT2D eigenvalue weighted by Crippen LogP contribution is -2.43. The van der Waals surface area contributed by atoms with Crippen molar-refractivity contribution in [2.45, 2.75) is 6.92 Å². The first-order valence-electron chi connectivity index (χ1n) is 6.29. The van der Waals surface area contributed by atoms with Gasteiger partial charge in [0.05, 0.1) is 18.1 Å². The summed E-state index contributed by atoms with van der Waals surface area (Å²) in [5.74, 6) is 0. The van der Waals surface area contributed by atoms with Gasteiger partial charge in [0.15, 0.2) is 0 Å². The SMILES string of the molecule is CN(CC(C)(CO)CO)C(=O)Nc1ccc([N+](=O)[O-])cc1. The number of anilines is 1. The van der Waals surface area contributed by atoms with E-state index >= 15 is 0 Å². The minimum atomic E-state index is -0.790. The molecule has 0 unspecified atom stereocenters. The van der Waals surface area contributed by atoms with Gasteiger partial charge >= 0.3 is 6.03 Å². The Kier molecular flexibility index (Phi) is 5.62. The van der Waals surface area contributed by atoms with E-state index in [1.807, 2.05) is 0 Å². The predicted octanol–water partition coefficient (Wildman–Crippen LogP) is 1.05. The number of hydrogen-bond donors (Lipinski definition) is 3. The van der Waals surface area contributed by atoms with Crippen LogP contribution in [0.4, 0.5) is 16.2 Å². The number of hydrogen-bond acceptors (Lipinski definition) is 5. The van der Waals surface area contributed by atoms with Gasteiger partial charge in [-0.25, -0.2) is 4.79 Å². The Labute approximate surface area is 122 Å². The molecule has 0 aliphatic rings. The first-order chi connectivity index (χ1) is 9.81. The third kappa shape index (κ3) is 4.69. The van der Waals surface area contributed by atoms with E-state index in [-0.39, 0.29) is 25.4 Å². The van der Waals surface area contributed by atoms with Crippen molar-refractivity contribution in [3.05, 3.63) is 34.4 Å². The van der Waals surface area contributed by atoms with Crippen LogP contribution in [0, 0.1) is 15.5 Å². The summed E-state index contributed by atoms with van der Waals surface area (Å²) < 4.78 is 0. The first kappa shape index (κ1) is 16.9. The molecule has 0 spiro atoms. The highest BCUT2D eigenvalue weighted by Gasteiger charge is 2.26. The lowest BCUT2D eigenvalue weighted by atomic mass is 9.92. The van der Waals surface area contributed by atoms with Gasteiger partial charge in [-0.15, -0.1) is 0 Å². The van der Waals surface area contributed by atoms with Gasteiger partial charge in [0, 0.05) is 36.8 Å². The number of urea groups is 1. The van der Waals surface area contributed by atoms with Crippen molar-refractivity contribution < 1.29 is 19.9 Å². The fourth-order valence-corrected chi connectivity index (χ4v) is 1.68. The molecule has 0 saturated carbocycles. The number of benzene rings is 1. The number of nitro groups is 1. The average molecular weight is 297 g/mol. The van der Waals surface area contributed by atoms with E-state index < -0.39 is 16.4 Å². The Balaban J connectivity index is 2.65. The van der Waals surface area contributed by atoms with Crippen LogP contribution in [-0.4, -0.2) is 52.9 Å². The molecule has 1 aromatic rings. The fraction of sp³-hybridized carbons (Fsp3) is 0.462. The highest BCUT2D eigenvalue weighted by Crippen LogP contribution is 2.18. The zero-order valence-electron chi connectivity index (χ0n) is 11.9. The molecule has 0 bridgehead atoms. The number of aliphatic hydroxyl groups excluding tert-OH is 2. The second-order valence-corrected chi connectivity index (χ2v) is 5.22. The van der Waals surface area contributed by atoms with Crippen LogP contribution >= 0.6 is 0 Å². The topological polar surface area (TPSA) is 116 Å². The zero-order chi connectivity index (χ0) is 16.0. The summed E-state index contributed by atoms with van der Waals surface area (Å²) in [6.07, 6.45) is 0. The summed E-state index contributed by atoms with van der Waals surface area (Å²) in [7, 11) is 1.53. The van der Waals surface area contributed by atoms with E-state index in [1.54, 1.807) is 6.92 Å². The molecule has 1 aromatic carbocycles. The maximum atomic E-state index is 12.0. The maximum Gasteiger partial charge on any atom is 0.321 e. The molecule has 0 atom stereocenters. The van der Waals surface area contributed by atoms with Crippen LogP contribution in [0.25, 0.3) is 0 Å². The molecular formula is C13H19N3O5. The summed E-state index contributed by atoms with van der Waals surface area (Å²) >= 11 is 0. The molecule has 0 aliphatic carbocycles. The van der Waals surface area contributed by atoms with E-state index in [0.717, 1.165) is 0 Å². The molecule has 0 aliphatic heterocycles. The molecule has 0 fully saturated rings. The number of aliphatic hydroxyl groups is 2. The van der Waals surface area contributed by atoms with Crippen LogP contribution < -0.4 is 5.32 Å². The van der Waals surface area contributed by atoms with Gasteiger partial charge in [-0.1, -0.05) is 6.92 Å². The third-order valence-electron chi connectivity index (χ3n) is 3.06. The number of carbonyl (C=O) groups excluding carboxylic acids is 1. The molecule has 116 valence electrons. The highest BCUT2D eigenvalue weighted by molar-refractivity contribution is 5.89. The molecule has 3 N–H and O–H groups in total. The average Bonchev–Trinajstić information content (AvgIpc) is 2.47. The Morgan fingerprint density at radius 2 is 1.86 bits per heavy atom. The van der Waals surface area contributed by atoms with Crippen molar-refractivity contribution in [2.24, 2.45) is 5.41 Å². The van der Waals surface area contributed by atoms with E-state index in [9.17, 15) is 25.1 Å². The first-order valence-corrected chi connectivity index (χ1v) is 6.29. The normalized spacial score (nSPS) is 11.0. The van der Waals surface area contributed by atoms with Gasteiger partial charge in [0.2, 0.25) is 0 Å². The summed E-state index contributed by atoms with van der Waals surface area (Å²) in [4.78, 5) is 23.3. The van der Waals surface area contributed by atoms with Crippen LogP contribution in [0.1, 0.15) is 6.92 Å². The van der Waals surface area contributed by atoms with Crippen molar-refractivity contribution in [3.63, 3.8) is 0 Å². The molecule has 8 heteroatoms. The second kappa shape index (κ2) is 7.00. The molecule has 2 amide bonds. The van der Waals surface area contributed by atoms with Gasteiger partial charge in [-0.3, -0.25) is 10.1 Å². The number of nitrogens with zero attached hydrogens (tertiary/aromatic N) is 2. The van der Waals surface area contributed by atoms with Crippen molar-refractivity contribution >= 4 is 17.4 Å². The van der Waals surface area contributed by atoms with E-state index in [1.165, 1.54) is 36.2 Å². The van der Waals surface area contributed by atoms with Gasteiger partial charge < -0.3 is 20.4 Å². The number of nitrogens with one attached hydrogen (secondary N) is 1. The Hall–Kier alpha value is -2.19. The molecule has 0 aromatic heterocycles. The predicted molar refractivity (Wildman–Crippen MR) is 77.0 cm³/mol. The number of nitro benzene ring substituents is 1. The largest absolute Gasteiger partial charge is 0.396 e. The Bertz CT molecular complexity index is 499. The van der Waals surface area contributed by atoms with Gasteiger partial charge in [-0.2, -0.15) is 0 Å². The molecular weight excluding hydrogens is 278 g/mol. The van der Waals surface area contributed by atoms with Crippen molar-refractivity contribution in [3.8, 4) is 0 Å². The second-order valence-electron chi connectivity index (χ2n) is 5.22. The third-order valence-corrected chi connectivity index (χ3v) is 3.06. The fourth-order valence-electron chi connectivity index (χ4n) is 1.68. The highest BCUT2D eigenvalue weighted by atomic mass is 16.6. The summed E-state index contributed by atoms with van der Waals surface area (Å²) in [6, 6.07) is 5.02. The number of carbonyl (C=O) groups is 1. The number of rotatable bonds is 6. The summed E-state index contributed by atoms with van der Waals surface area (Å²) in [5, 5.41) is 31.5. The van der Waals surface area contributed by atoms with Crippen LogP contribution in [0.3, 0.4) is 0 Å². The Morgan fingerprint density at radius 1 is 1.33 bits per heavy atom. The molecule has 0 heterocycles. The quantitative estimate of drug-likeness (QED) is 0.536. The summed E-state index contributed by atoms with van der Waals surface area (Å²) in [5.41, 5.74) is -0.427. The van der Waals surface area contributed by atoms with Gasteiger partial charge in [0.25, 0.3) is 5.69 Å². The molecule has 21 heavy (non-hydrogen) atoms. The monoisotopic (exact) mass is 297 g/mol. The minimum Gasteiger partial charge on any atom is -0.396 e. The number of amides is 2. The minimum absolute atomic E-state index is 0.0607. The summed E-state index contributed by atoms with van der Waals surface area (Å²) in [6.45, 7) is 1.32. The van der Waals surface area contributed by atoms with Crippen LogP contribution in [-0.2, 0) is 0 Å². The lowest BCUT2D eigenvalue weighted by molar-refractivity contribution is -0.384. The lowest BCUT2D eigenvalue weighted by Gasteiger charge is -2.30. The van der Waals surface area contributed by atoms with Gasteiger partial charge in [-0.05, 0) is 12.1 Å². The maximum absolute atomic E-state index is 12.0. The molecule has 0 saturated heterocycles. The van der Waals surface area contributed by atoms with Crippen LogP contribution in [0.5, 0.6) is 0 Å². The van der Waals surface area contributed by atoms with Crippen molar-refractivity contribution in [1.82, 2.24) is 4.90 Å². The van der Waals surface area contributed by atoms with Crippen LogP contribution in [0.15, 0.2) is 24.3 Å². The van der Waals surface area contributed by atoms with E-state index in [2.05, 4.69) is 5.32 Å². The zero-order valence-corrected chi connectivity index (χ0v) is 11.9. The van der Waals surface area contributed by atoms with E-state index in [0.29, 0.717) is 5.69 Å². The van der Waals surface area contributed by atoms with Crippen LogP contribution in [0.2, 0.25) is 0 Å². The van der Waals surface area contributed by atoms with Gasteiger partial charge in [0.1, 0.15) is 0 Å². The van der Waals surface area contributed by atoms with Crippen molar-refractivity contribution in [2.75, 3.05) is 32.1 Å². The smallest absolute Gasteiger partial charge is 0.321 e. The molecule has 1 rings (SSSR count).